The fraction of sp³-hybridized carbons (Fsp3) is 0.0769. The number of furan rings is 1. The van der Waals surface area contributed by atoms with E-state index in [1.807, 2.05) is 0 Å². The Hall–Kier alpha value is -2.58. The minimum absolute atomic E-state index is 0.237. The molecular weight excluding hydrogens is 292 g/mol. The SMILES string of the molecule is COc1ccc(NC(=O)c2ccco2)c2sc(NN)nc12. The van der Waals surface area contributed by atoms with Gasteiger partial charge in [-0.2, -0.15) is 0 Å². The second-order valence-electron chi connectivity index (χ2n) is 4.09. The molecule has 0 aliphatic carbocycles. The van der Waals surface area contributed by atoms with Crippen LogP contribution in [0.15, 0.2) is 34.9 Å². The molecule has 0 unspecified atom stereocenters. The number of hydrogen-bond donors (Lipinski definition) is 3. The lowest BCUT2D eigenvalue weighted by atomic mass is 10.2. The maximum absolute atomic E-state index is 12.1. The standard InChI is InChI=1S/C13H12N4O3S/c1-19-8-5-4-7(11-10(8)16-13(17-14)21-11)15-12(18)9-3-2-6-20-9/h2-6H,14H2,1H3,(H,15,18)(H,16,17). The van der Waals surface area contributed by atoms with Crippen molar-refractivity contribution in [1.82, 2.24) is 4.98 Å². The Kier molecular flexibility index (Phi) is 3.46. The molecule has 3 aromatic rings. The summed E-state index contributed by atoms with van der Waals surface area (Å²) in [4.78, 5) is 16.4. The number of carbonyl (C=O) groups is 1. The Balaban J connectivity index is 2.02. The number of thiazole rings is 1. The third-order valence-corrected chi connectivity index (χ3v) is 3.86. The highest BCUT2D eigenvalue weighted by Crippen LogP contribution is 2.37. The summed E-state index contributed by atoms with van der Waals surface area (Å²) >= 11 is 1.32. The third-order valence-electron chi connectivity index (χ3n) is 2.84. The minimum atomic E-state index is -0.331. The largest absolute Gasteiger partial charge is 0.494 e. The number of carbonyl (C=O) groups excluding carboxylic acids is 1. The van der Waals surface area contributed by atoms with Gasteiger partial charge in [-0.25, -0.2) is 10.8 Å². The number of hydrazine groups is 1. The molecule has 0 radical (unpaired) electrons. The molecule has 0 saturated carbocycles. The van der Waals surface area contributed by atoms with Gasteiger partial charge in [0.2, 0.25) is 0 Å². The summed E-state index contributed by atoms with van der Waals surface area (Å²) in [5.41, 5.74) is 3.75. The average Bonchev–Trinajstić information content (AvgIpc) is 3.16. The van der Waals surface area contributed by atoms with Crippen molar-refractivity contribution in [2.45, 2.75) is 0 Å². The number of nitrogens with zero attached hydrogens (tertiary/aromatic N) is 1. The molecule has 0 fully saturated rings. The van der Waals surface area contributed by atoms with E-state index < -0.39 is 0 Å². The zero-order valence-corrected chi connectivity index (χ0v) is 11.9. The number of benzene rings is 1. The van der Waals surface area contributed by atoms with Gasteiger partial charge in [-0.1, -0.05) is 11.3 Å². The van der Waals surface area contributed by atoms with Crippen molar-refractivity contribution < 1.29 is 13.9 Å². The second kappa shape index (κ2) is 5.43. The first-order valence-electron chi connectivity index (χ1n) is 6.02. The van der Waals surface area contributed by atoms with Crippen LogP contribution in [0.4, 0.5) is 10.8 Å². The zero-order valence-electron chi connectivity index (χ0n) is 11.0. The number of ether oxygens (including phenoxy) is 1. The molecule has 1 aromatic carbocycles. The number of nitrogens with one attached hydrogen (secondary N) is 2. The van der Waals surface area contributed by atoms with Gasteiger partial charge in [-0.05, 0) is 24.3 Å². The predicted molar refractivity (Wildman–Crippen MR) is 80.6 cm³/mol. The van der Waals surface area contributed by atoms with Crippen molar-refractivity contribution in [2.24, 2.45) is 5.84 Å². The van der Waals surface area contributed by atoms with Crippen molar-refractivity contribution >= 4 is 38.3 Å². The lowest BCUT2D eigenvalue weighted by Gasteiger charge is -2.06. The number of aromatic nitrogens is 1. The molecule has 2 heterocycles. The third kappa shape index (κ3) is 2.41. The first-order chi connectivity index (χ1) is 10.2. The molecule has 0 bridgehead atoms. The van der Waals surface area contributed by atoms with E-state index in [1.54, 1.807) is 31.4 Å². The zero-order chi connectivity index (χ0) is 14.8. The van der Waals surface area contributed by atoms with Gasteiger partial charge in [-0.3, -0.25) is 10.2 Å². The van der Waals surface area contributed by atoms with Crippen molar-refractivity contribution in [3.05, 3.63) is 36.3 Å². The molecule has 0 spiro atoms. The van der Waals surface area contributed by atoms with E-state index in [0.29, 0.717) is 22.1 Å². The number of fused-ring (bicyclic) bond motifs is 1. The molecule has 2 aromatic heterocycles. The highest BCUT2D eigenvalue weighted by Gasteiger charge is 2.16. The quantitative estimate of drug-likeness (QED) is 0.505. The van der Waals surface area contributed by atoms with Gasteiger partial charge in [-0.15, -0.1) is 0 Å². The molecule has 0 saturated heterocycles. The Labute approximate surface area is 123 Å². The van der Waals surface area contributed by atoms with Crippen molar-refractivity contribution in [3.8, 4) is 5.75 Å². The topological polar surface area (TPSA) is 102 Å². The number of nitrogens with two attached hydrogens (primary N) is 1. The number of hydrogen-bond acceptors (Lipinski definition) is 7. The molecule has 21 heavy (non-hydrogen) atoms. The first-order valence-corrected chi connectivity index (χ1v) is 6.83. The Morgan fingerprint density at radius 2 is 2.29 bits per heavy atom. The van der Waals surface area contributed by atoms with Gasteiger partial charge in [0.1, 0.15) is 11.3 Å². The van der Waals surface area contributed by atoms with Gasteiger partial charge in [0.25, 0.3) is 5.91 Å². The van der Waals surface area contributed by atoms with Crippen LogP contribution in [-0.4, -0.2) is 18.0 Å². The molecule has 7 nitrogen and oxygen atoms in total. The van der Waals surface area contributed by atoms with Crippen LogP contribution >= 0.6 is 11.3 Å². The number of methoxy groups -OCH3 is 1. The van der Waals surface area contributed by atoms with E-state index in [-0.39, 0.29) is 11.7 Å². The normalized spacial score (nSPS) is 10.6. The van der Waals surface area contributed by atoms with Crippen LogP contribution in [-0.2, 0) is 0 Å². The van der Waals surface area contributed by atoms with E-state index in [0.717, 1.165) is 4.70 Å². The summed E-state index contributed by atoms with van der Waals surface area (Å²) < 4.78 is 11.1. The summed E-state index contributed by atoms with van der Waals surface area (Å²) in [7, 11) is 1.56. The van der Waals surface area contributed by atoms with Crippen LogP contribution in [0.3, 0.4) is 0 Å². The monoisotopic (exact) mass is 304 g/mol. The predicted octanol–water partition coefficient (Wildman–Crippen LogP) is 2.44. The summed E-state index contributed by atoms with van der Waals surface area (Å²) in [6.45, 7) is 0. The van der Waals surface area contributed by atoms with E-state index in [2.05, 4.69) is 15.7 Å². The lowest BCUT2D eigenvalue weighted by Crippen LogP contribution is -2.10. The van der Waals surface area contributed by atoms with Gasteiger partial charge >= 0.3 is 0 Å². The molecule has 0 aliphatic rings. The Morgan fingerprint density at radius 3 is 2.95 bits per heavy atom. The van der Waals surface area contributed by atoms with E-state index >= 15 is 0 Å². The summed E-state index contributed by atoms with van der Waals surface area (Å²) in [5, 5.41) is 3.32. The molecule has 4 N–H and O–H groups in total. The van der Waals surface area contributed by atoms with Crippen LogP contribution in [0.5, 0.6) is 5.75 Å². The summed E-state index contributed by atoms with van der Waals surface area (Å²) in [5.74, 6) is 5.90. The van der Waals surface area contributed by atoms with Crippen LogP contribution in [0, 0.1) is 0 Å². The number of nitrogen functional groups attached to an aromatic ring is 1. The number of anilines is 2. The van der Waals surface area contributed by atoms with Crippen LogP contribution in [0.1, 0.15) is 10.6 Å². The van der Waals surface area contributed by atoms with Crippen molar-refractivity contribution in [2.75, 3.05) is 17.9 Å². The second-order valence-corrected chi connectivity index (χ2v) is 5.09. The highest BCUT2D eigenvalue weighted by atomic mass is 32.1. The maximum Gasteiger partial charge on any atom is 0.291 e. The Morgan fingerprint density at radius 1 is 1.43 bits per heavy atom. The summed E-state index contributed by atoms with van der Waals surface area (Å²) in [6.07, 6.45) is 1.45. The van der Waals surface area contributed by atoms with Crippen LogP contribution in [0.2, 0.25) is 0 Å². The van der Waals surface area contributed by atoms with Gasteiger partial charge < -0.3 is 14.5 Å². The molecule has 0 atom stereocenters. The van der Waals surface area contributed by atoms with E-state index in [9.17, 15) is 4.79 Å². The van der Waals surface area contributed by atoms with Crippen LogP contribution < -0.4 is 21.3 Å². The van der Waals surface area contributed by atoms with Gasteiger partial charge in [0.05, 0.1) is 23.8 Å². The molecule has 108 valence electrons. The Bertz CT molecular complexity index is 782. The number of rotatable bonds is 4. The average molecular weight is 304 g/mol. The van der Waals surface area contributed by atoms with Crippen LogP contribution in [0.25, 0.3) is 10.2 Å². The fourth-order valence-corrected chi connectivity index (χ4v) is 2.76. The van der Waals surface area contributed by atoms with E-state index in [4.69, 9.17) is 15.0 Å². The molecule has 8 heteroatoms. The summed E-state index contributed by atoms with van der Waals surface area (Å²) in [6, 6.07) is 6.73. The lowest BCUT2D eigenvalue weighted by molar-refractivity contribution is 0.0997. The smallest absolute Gasteiger partial charge is 0.291 e. The van der Waals surface area contributed by atoms with Gasteiger partial charge in [0.15, 0.2) is 10.9 Å². The first kappa shape index (κ1) is 13.4. The van der Waals surface area contributed by atoms with Gasteiger partial charge in [0, 0.05) is 0 Å². The van der Waals surface area contributed by atoms with E-state index in [1.165, 1.54) is 17.6 Å². The molecule has 1 amide bonds. The molecular formula is C13H12N4O3S. The molecule has 0 aliphatic heterocycles. The highest BCUT2D eigenvalue weighted by molar-refractivity contribution is 7.22. The maximum atomic E-state index is 12.1. The van der Waals surface area contributed by atoms with Crippen molar-refractivity contribution in [1.29, 1.82) is 0 Å². The van der Waals surface area contributed by atoms with Crippen molar-refractivity contribution in [3.63, 3.8) is 0 Å². The number of amides is 1. The fourth-order valence-electron chi connectivity index (χ4n) is 1.90. The minimum Gasteiger partial charge on any atom is -0.494 e. The molecule has 3 rings (SSSR count).